The Morgan fingerprint density at radius 3 is 2.67 bits per heavy atom. The lowest BCUT2D eigenvalue weighted by Gasteiger charge is -2.12. The zero-order valence-corrected chi connectivity index (χ0v) is 8.67. The normalized spacial score (nSPS) is 12.7. The van der Waals surface area contributed by atoms with Crippen LogP contribution in [0.1, 0.15) is 17.4 Å². The quantitative estimate of drug-likeness (QED) is 0.825. The Morgan fingerprint density at radius 1 is 1.33 bits per heavy atom. The van der Waals surface area contributed by atoms with Crippen LogP contribution in [0.3, 0.4) is 0 Å². The largest absolute Gasteiger partial charge is 0.387 e. The highest BCUT2D eigenvalue weighted by molar-refractivity contribution is 5.17. The molecular formula is C12H14N2O. The summed E-state index contributed by atoms with van der Waals surface area (Å²) < 4.78 is 1.94. The Bertz CT molecular complexity index is 422. The van der Waals surface area contributed by atoms with Crippen LogP contribution in [0, 0.1) is 6.92 Å². The summed E-state index contributed by atoms with van der Waals surface area (Å²) >= 11 is 0. The van der Waals surface area contributed by atoms with Gasteiger partial charge in [0, 0.05) is 11.9 Å². The van der Waals surface area contributed by atoms with Crippen molar-refractivity contribution < 1.29 is 5.11 Å². The van der Waals surface area contributed by atoms with Crippen molar-refractivity contribution in [3.8, 4) is 0 Å². The minimum Gasteiger partial charge on any atom is -0.387 e. The molecule has 0 saturated carbocycles. The minimum absolute atomic E-state index is 0.473. The van der Waals surface area contributed by atoms with E-state index in [9.17, 15) is 5.11 Å². The Balaban J connectivity index is 2.11. The fourth-order valence-electron chi connectivity index (χ4n) is 1.54. The molecule has 0 bridgehead atoms. The predicted molar refractivity (Wildman–Crippen MR) is 58.4 cm³/mol. The van der Waals surface area contributed by atoms with Gasteiger partial charge in [-0.3, -0.25) is 0 Å². The third-order valence-corrected chi connectivity index (χ3v) is 2.47. The van der Waals surface area contributed by atoms with Crippen molar-refractivity contribution in [1.82, 2.24) is 9.55 Å². The lowest BCUT2D eigenvalue weighted by Crippen LogP contribution is -2.08. The van der Waals surface area contributed by atoms with Crippen molar-refractivity contribution >= 4 is 0 Å². The molecule has 0 amide bonds. The molecule has 0 radical (unpaired) electrons. The molecule has 0 fully saturated rings. The lowest BCUT2D eigenvalue weighted by molar-refractivity contribution is 0.155. The zero-order valence-electron chi connectivity index (χ0n) is 8.67. The predicted octanol–water partition coefficient (Wildman–Crippen LogP) is 1.93. The maximum absolute atomic E-state index is 9.97. The highest BCUT2D eigenvalue weighted by Gasteiger charge is 2.08. The number of hydrogen-bond acceptors (Lipinski definition) is 2. The van der Waals surface area contributed by atoms with Crippen molar-refractivity contribution in [2.24, 2.45) is 0 Å². The van der Waals surface area contributed by atoms with Crippen LogP contribution in [0.2, 0.25) is 0 Å². The van der Waals surface area contributed by atoms with Gasteiger partial charge in [0.05, 0.1) is 19.0 Å². The van der Waals surface area contributed by atoms with Crippen molar-refractivity contribution in [2.75, 3.05) is 0 Å². The lowest BCUT2D eigenvalue weighted by atomic mass is 10.1. The van der Waals surface area contributed by atoms with Gasteiger partial charge in [-0.25, -0.2) is 4.98 Å². The van der Waals surface area contributed by atoms with Gasteiger partial charge in [0.15, 0.2) is 0 Å². The van der Waals surface area contributed by atoms with E-state index >= 15 is 0 Å². The molecule has 0 aliphatic carbocycles. The molecule has 2 aromatic rings. The molecular weight excluding hydrogens is 188 g/mol. The van der Waals surface area contributed by atoms with Crippen molar-refractivity contribution in [1.29, 1.82) is 0 Å². The fourth-order valence-corrected chi connectivity index (χ4v) is 1.54. The van der Waals surface area contributed by atoms with E-state index in [2.05, 4.69) is 4.98 Å². The van der Waals surface area contributed by atoms with Crippen LogP contribution in [0.15, 0.2) is 42.9 Å². The number of aryl methyl sites for hydroxylation is 1. The third-order valence-electron chi connectivity index (χ3n) is 2.47. The molecule has 1 aromatic carbocycles. The molecule has 2 rings (SSSR count). The van der Waals surface area contributed by atoms with E-state index in [1.54, 1.807) is 12.5 Å². The molecule has 1 atom stereocenters. The first kappa shape index (κ1) is 9.93. The summed E-state index contributed by atoms with van der Waals surface area (Å²) in [6.07, 6.45) is 3.05. The Hall–Kier alpha value is -1.61. The Morgan fingerprint density at radius 2 is 2.07 bits per heavy atom. The molecule has 1 unspecified atom stereocenters. The van der Waals surface area contributed by atoms with Crippen LogP contribution < -0.4 is 0 Å². The molecule has 0 spiro atoms. The third kappa shape index (κ3) is 2.25. The summed E-state index contributed by atoms with van der Waals surface area (Å²) in [6.45, 7) is 2.53. The van der Waals surface area contributed by atoms with E-state index in [4.69, 9.17) is 0 Å². The Labute approximate surface area is 89.0 Å². The van der Waals surface area contributed by atoms with Gasteiger partial charge in [0.25, 0.3) is 0 Å². The summed E-state index contributed by atoms with van der Waals surface area (Å²) in [6, 6.07) is 9.66. The number of aromatic nitrogens is 2. The van der Waals surface area contributed by atoms with Gasteiger partial charge >= 0.3 is 0 Å². The molecule has 15 heavy (non-hydrogen) atoms. The van der Waals surface area contributed by atoms with E-state index in [-0.39, 0.29) is 0 Å². The van der Waals surface area contributed by atoms with Gasteiger partial charge in [0.2, 0.25) is 0 Å². The number of aliphatic hydroxyl groups excluding tert-OH is 1. The van der Waals surface area contributed by atoms with Gasteiger partial charge in [-0.2, -0.15) is 0 Å². The molecule has 1 heterocycles. The Kier molecular flexibility index (Phi) is 2.83. The number of rotatable bonds is 3. The highest BCUT2D eigenvalue weighted by Crippen LogP contribution is 2.14. The molecule has 0 aliphatic heterocycles. The summed E-state index contributed by atoms with van der Waals surface area (Å²) in [7, 11) is 0. The molecule has 78 valence electrons. The van der Waals surface area contributed by atoms with E-state index in [0.29, 0.717) is 6.54 Å². The zero-order chi connectivity index (χ0) is 10.7. The van der Waals surface area contributed by atoms with E-state index in [1.807, 2.05) is 41.8 Å². The summed E-state index contributed by atoms with van der Waals surface area (Å²) in [5, 5.41) is 9.97. The molecule has 0 aliphatic rings. The van der Waals surface area contributed by atoms with Crippen LogP contribution in [-0.2, 0) is 6.54 Å². The van der Waals surface area contributed by atoms with Gasteiger partial charge < -0.3 is 9.67 Å². The van der Waals surface area contributed by atoms with Crippen molar-refractivity contribution in [3.63, 3.8) is 0 Å². The van der Waals surface area contributed by atoms with E-state index < -0.39 is 6.10 Å². The molecule has 1 aromatic heterocycles. The minimum atomic E-state index is -0.473. The maximum atomic E-state index is 9.97. The van der Waals surface area contributed by atoms with Crippen LogP contribution >= 0.6 is 0 Å². The summed E-state index contributed by atoms with van der Waals surface area (Å²) in [5.41, 5.74) is 2.00. The molecule has 3 nitrogen and oxygen atoms in total. The summed E-state index contributed by atoms with van der Waals surface area (Å²) in [5.74, 6) is 0. The fraction of sp³-hybridized carbons (Fsp3) is 0.250. The first-order valence-electron chi connectivity index (χ1n) is 4.97. The van der Waals surface area contributed by atoms with Crippen LogP contribution in [0.4, 0.5) is 0 Å². The average molecular weight is 202 g/mol. The second-order valence-electron chi connectivity index (χ2n) is 3.61. The standard InChI is InChI=1S/C12H14N2O/c1-10-7-13-9-14(10)8-12(15)11-5-3-2-4-6-11/h2-7,9,12,15H,8H2,1H3. The number of hydrogen-bond donors (Lipinski definition) is 1. The molecule has 0 saturated heterocycles. The van der Waals surface area contributed by atoms with Crippen LogP contribution in [0.5, 0.6) is 0 Å². The topological polar surface area (TPSA) is 38.0 Å². The van der Waals surface area contributed by atoms with Gasteiger partial charge in [-0.1, -0.05) is 30.3 Å². The van der Waals surface area contributed by atoms with E-state index in [0.717, 1.165) is 11.3 Å². The molecule has 1 N–H and O–H groups in total. The number of benzene rings is 1. The highest BCUT2D eigenvalue weighted by atomic mass is 16.3. The van der Waals surface area contributed by atoms with Crippen molar-refractivity contribution in [3.05, 3.63) is 54.1 Å². The summed E-state index contributed by atoms with van der Waals surface area (Å²) in [4.78, 5) is 4.02. The first-order chi connectivity index (χ1) is 7.27. The average Bonchev–Trinajstić information content (AvgIpc) is 2.66. The second kappa shape index (κ2) is 4.28. The number of nitrogens with zero attached hydrogens (tertiary/aromatic N) is 2. The SMILES string of the molecule is Cc1cncn1CC(O)c1ccccc1. The first-order valence-corrected chi connectivity index (χ1v) is 4.97. The van der Waals surface area contributed by atoms with Gasteiger partial charge in [-0.15, -0.1) is 0 Å². The van der Waals surface area contributed by atoms with Crippen LogP contribution in [0.25, 0.3) is 0 Å². The van der Waals surface area contributed by atoms with Crippen molar-refractivity contribution in [2.45, 2.75) is 19.6 Å². The van der Waals surface area contributed by atoms with Gasteiger partial charge in [-0.05, 0) is 12.5 Å². The van der Waals surface area contributed by atoms with Crippen LogP contribution in [-0.4, -0.2) is 14.7 Å². The monoisotopic (exact) mass is 202 g/mol. The smallest absolute Gasteiger partial charge is 0.0969 e. The molecule has 3 heteroatoms. The van der Waals surface area contributed by atoms with Gasteiger partial charge in [0.1, 0.15) is 0 Å². The number of aliphatic hydroxyl groups is 1. The van der Waals surface area contributed by atoms with E-state index in [1.165, 1.54) is 0 Å². The maximum Gasteiger partial charge on any atom is 0.0969 e. The number of imidazole rings is 1. The second-order valence-corrected chi connectivity index (χ2v) is 3.61.